The molecule has 3 aromatic rings. The number of aryl methyl sites for hydroxylation is 1. The van der Waals surface area contributed by atoms with Crippen LogP contribution < -0.4 is 5.32 Å². The van der Waals surface area contributed by atoms with Gasteiger partial charge in [-0.1, -0.05) is 0 Å². The van der Waals surface area contributed by atoms with Gasteiger partial charge >= 0.3 is 0 Å². The van der Waals surface area contributed by atoms with E-state index in [2.05, 4.69) is 15.3 Å². The van der Waals surface area contributed by atoms with Gasteiger partial charge in [-0.05, 0) is 38.1 Å². The summed E-state index contributed by atoms with van der Waals surface area (Å²) in [4.78, 5) is 8.64. The summed E-state index contributed by atoms with van der Waals surface area (Å²) in [5.74, 6) is 2.68. The first-order valence-electron chi connectivity index (χ1n) is 6.50. The van der Waals surface area contributed by atoms with Gasteiger partial charge in [-0.2, -0.15) is 0 Å². The summed E-state index contributed by atoms with van der Waals surface area (Å²) in [5, 5.41) is 3.35. The van der Waals surface area contributed by atoms with Gasteiger partial charge in [0, 0.05) is 12.4 Å². The molecule has 0 bridgehead atoms. The van der Waals surface area contributed by atoms with Crippen LogP contribution in [0.2, 0.25) is 0 Å². The van der Waals surface area contributed by atoms with Crippen molar-refractivity contribution in [2.45, 2.75) is 19.9 Å². The molecule has 5 heteroatoms. The van der Waals surface area contributed by atoms with Gasteiger partial charge in [0.15, 0.2) is 0 Å². The van der Waals surface area contributed by atoms with Crippen molar-refractivity contribution in [3.8, 4) is 5.82 Å². The molecule has 102 valence electrons. The summed E-state index contributed by atoms with van der Waals surface area (Å²) in [7, 11) is 0. The lowest BCUT2D eigenvalue weighted by molar-refractivity contribution is 0.490. The minimum Gasteiger partial charge on any atom is -0.467 e. The predicted molar refractivity (Wildman–Crippen MR) is 76.8 cm³/mol. The lowest BCUT2D eigenvalue weighted by Gasteiger charge is -2.13. The lowest BCUT2D eigenvalue weighted by atomic mass is 10.2. The highest BCUT2D eigenvalue weighted by Crippen LogP contribution is 2.19. The maximum Gasteiger partial charge on any atom is 0.138 e. The zero-order valence-electron chi connectivity index (χ0n) is 11.4. The maximum atomic E-state index is 5.37. The molecule has 0 aromatic carbocycles. The minimum absolute atomic E-state index is 0.104. The highest BCUT2D eigenvalue weighted by atomic mass is 16.3. The average molecular weight is 268 g/mol. The summed E-state index contributed by atoms with van der Waals surface area (Å²) in [6, 6.07) is 7.91. The zero-order valence-corrected chi connectivity index (χ0v) is 11.4. The standard InChI is InChI=1S/C15H16N4O/c1-11(14-4-3-9-20-14)18-13-5-6-15(17-10-13)19-8-7-16-12(19)2/h3-11,18H,1-2H3. The molecule has 0 aliphatic rings. The van der Waals surface area contributed by atoms with E-state index in [1.807, 2.05) is 55.1 Å². The number of aromatic nitrogens is 3. The van der Waals surface area contributed by atoms with E-state index in [0.29, 0.717) is 0 Å². The van der Waals surface area contributed by atoms with Crippen LogP contribution in [0.3, 0.4) is 0 Å². The number of hydrogen-bond donors (Lipinski definition) is 1. The van der Waals surface area contributed by atoms with Gasteiger partial charge < -0.3 is 9.73 Å². The van der Waals surface area contributed by atoms with Crippen molar-refractivity contribution < 1.29 is 4.42 Å². The third-order valence-corrected chi connectivity index (χ3v) is 3.17. The first kappa shape index (κ1) is 12.5. The van der Waals surface area contributed by atoms with E-state index in [4.69, 9.17) is 4.42 Å². The van der Waals surface area contributed by atoms with Gasteiger partial charge in [-0.15, -0.1) is 0 Å². The van der Waals surface area contributed by atoms with E-state index >= 15 is 0 Å². The molecule has 0 fully saturated rings. The van der Waals surface area contributed by atoms with Crippen LogP contribution in [0, 0.1) is 6.92 Å². The van der Waals surface area contributed by atoms with Crippen molar-refractivity contribution in [1.82, 2.24) is 14.5 Å². The fraction of sp³-hybridized carbons (Fsp3) is 0.200. The molecule has 1 N–H and O–H groups in total. The molecule has 1 atom stereocenters. The van der Waals surface area contributed by atoms with Gasteiger partial charge in [0.2, 0.25) is 0 Å². The quantitative estimate of drug-likeness (QED) is 0.788. The summed E-state index contributed by atoms with van der Waals surface area (Å²) >= 11 is 0. The molecule has 3 aromatic heterocycles. The van der Waals surface area contributed by atoms with Crippen LogP contribution in [0.1, 0.15) is 24.6 Å². The first-order chi connectivity index (χ1) is 9.74. The predicted octanol–water partition coefficient (Wildman–Crippen LogP) is 3.34. The smallest absolute Gasteiger partial charge is 0.138 e. The van der Waals surface area contributed by atoms with Crippen molar-refractivity contribution in [2.75, 3.05) is 5.32 Å². The molecule has 0 aliphatic heterocycles. The molecule has 0 amide bonds. The fourth-order valence-electron chi connectivity index (χ4n) is 2.09. The SMILES string of the molecule is Cc1nccn1-c1ccc(NC(C)c2ccco2)cn1. The topological polar surface area (TPSA) is 55.9 Å². The average Bonchev–Trinajstić information content (AvgIpc) is 3.11. The minimum atomic E-state index is 0.104. The summed E-state index contributed by atoms with van der Waals surface area (Å²) in [6.07, 6.45) is 7.16. The van der Waals surface area contributed by atoms with Crippen LogP contribution >= 0.6 is 0 Å². The Labute approximate surface area is 117 Å². The monoisotopic (exact) mass is 268 g/mol. The van der Waals surface area contributed by atoms with E-state index in [9.17, 15) is 0 Å². The number of nitrogens with one attached hydrogen (secondary N) is 1. The Balaban J connectivity index is 1.75. The van der Waals surface area contributed by atoms with Crippen LogP contribution in [0.4, 0.5) is 5.69 Å². The number of imidazole rings is 1. The van der Waals surface area contributed by atoms with Gasteiger partial charge in [0.05, 0.1) is 24.2 Å². The van der Waals surface area contributed by atoms with Gasteiger partial charge in [-0.25, -0.2) is 9.97 Å². The Bertz CT molecular complexity index is 670. The summed E-state index contributed by atoms with van der Waals surface area (Å²) < 4.78 is 7.31. The Morgan fingerprint density at radius 1 is 1.25 bits per heavy atom. The Morgan fingerprint density at radius 2 is 2.15 bits per heavy atom. The molecule has 0 aliphatic carbocycles. The molecule has 1 unspecified atom stereocenters. The van der Waals surface area contributed by atoms with Crippen molar-refractivity contribution in [3.05, 3.63) is 60.7 Å². The number of nitrogens with zero attached hydrogens (tertiary/aromatic N) is 3. The number of hydrogen-bond acceptors (Lipinski definition) is 4. The van der Waals surface area contributed by atoms with Crippen molar-refractivity contribution >= 4 is 5.69 Å². The Hall–Kier alpha value is -2.56. The molecule has 3 heterocycles. The second-order valence-electron chi connectivity index (χ2n) is 4.63. The molecule has 0 saturated carbocycles. The van der Waals surface area contributed by atoms with E-state index in [1.165, 1.54) is 0 Å². The van der Waals surface area contributed by atoms with E-state index in [1.54, 1.807) is 12.5 Å². The highest BCUT2D eigenvalue weighted by Gasteiger charge is 2.08. The largest absolute Gasteiger partial charge is 0.467 e. The Kier molecular flexibility index (Phi) is 3.25. The van der Waals surface area contributed by atoms with Crippen molar-refractivity contribution in [1.29, 1.82) is 0 Å². The van der Waals surface area contributed by atoms with Crippen molar-refractivity contribution in [2.24, 2.45) is 0 Å². The second kappa shape index (κ2) is 5.21. The molecule has 0 radical (unpaired) electrons. The number of furan rings is 1. The molecular weight excluding hydrogens is 252 g/mol. The van der Waals surface area contributed by atoms with Crippen molar-refractivity contribution in [3.63, 3.8) is 0 Å². The summed E-state index contributed by atoms with van der Waals surface area (Å²) in [5.41, 5.74) is 0.954. The first-order valence-corrected chi connectivity index (χ1v) is 6.50. The van der Waals surface area contributed by atoms with E-state index in [-0.39, 0.29) is 6.04 Å². The van der Waals surface area contributed by atoms with Gasteiger partial charge in [0.25, 0.3) is 0 Å². The fourth-order valence-corrected chi connectivity index (χ4v) is 2.09. The molecule has 20 heavy (non-hydrogen) atoms. The molecule has 0 saturated heterocycles. The molecule has 3 rings (SSSR count). The van der Waals surface area contributed by atoms with Crippen LogP contribution in [0.15, 0.2) is 53.5 Å². The van der Waals surface area contributed by atoms with Crippen LogP contribution in [0.25, 0.3) is 5.82 Å². The number of rotatable bonds is 4. The third kappa shape index (κ3) is 2.42. The molecular formula is C15H16N4O. The lowest BCUT2D eigenvalue weighted by Crippen LogP contribution is -2.06. The van der Waals surface area contributed by atoms with Crippen LogP contribution in [-0.4, -0.2) is 14.5 Å². The Morgan fingerprint density at radius 3 is 2.75 bits per heavy atom. The van der Waals surface area contributed by atoms with E-state index < -0.39 is 0 Å². The van der Waals surface area contributed by atoms with Crippen LogP contribution in [-0.2, 0) is 0 Å². The molecule has 0 spiro atoms. The third-order valence-electron chi connectivity index (χ3n) is 3.17. The second-order valence-corrected chi connectivity index (χ2v) is 4.63. The number of anilines is 1. The number of pyridine rings is 1. The van der Waals surface area contributed by atoms with E-state index in [0.717, 1.165) is 23.1 Å². The van der Waals surface area contributed by atoms with Crippen LogP contribution in [0.5, 0.6) is 0 Å². The van der Waals surface area contributed by atoms with Gasteiger partial charge in [-0.3, -0.25) is 4.57 Å². The van der Waals surface area contributed by atoms with Gasteiger partial charge in [0.1, 0.15) is 17.4 Å². The maximum absolute atomic E-state index is 5.37. The normalized spacial score (nSPS) is 12.3. The summed E-state index contributed by atoms with van der Waals surface area (Å²) in [6.45, 7) is 4.00. The highest BCUT2D eigenvalue weighted by molar-refractivity contribution is 5.45. The zero-order chi connectivity index (χ0) is 13.9. The molecule has 5 nitrogen and oxygen atoms in total.